The quantitative estimate of drug-likeness (QED) is 0.547. The zero-order valence-corrected chi connectivity index (χ0v) is 14.5. The summed E-state index contributed by atoms with van der Waals surface area (Å²) in [5.74, 6) is -0.911. The second kappa shape index (κ2) is 7.77. The van der Waals surface area contributed by atoms with Crippen LogP contribution in [-0.2, 0) is 14.3 Å². The maximum atomic E-state index is 11.9. The van der Waals surface area contributed by atoms with Crippen LogP contribution in [0.3, 0.4) is 0 Å². The third kappa shape index (κ3) is 4.55. The number of fused-ring (bicyclic) bond motifs is 1. The second-order valence-corrected chi connectivity index (χ2v) is 6.47. The molecular formula is C20H17NO3S. The van der Waals surface area contributed by atoms with E-state index < -0.39 is 5.97 Å². The summed E-state index contributed by atoms with van der Waals surface area (Å²) in [6, 6.07) is 15.5. The summed E-state index contributed by atoms with van der Waals surface area (Å²) in [6.07, 6.45) is 3.03. The lowest BCUT2D eigenvalue weighted by Crippen LogP contribution is -2.20. The van der Waals surface area contributed by atoms with Crippen LogP contribution in [0.5, 0.6) is 0 Å². The molecule has 1 heterocycles. The highest BCUT2D eigenvalue weighted by Gasteiger charge is 2.06. The fourth-order valence-electron chi connectivity index (χ4n) is 2.35. The molecule has 0 spiro atoms. The van der Waals surface area contributed by atoms with E-state index >= 15 is 0 Å². The summed E-state index contributed by atoms with van der Waals surface area (Å²) in [5, 5.41) is 6.82. The van der Waals surface area contributed by atoms with Crippen LogP contribution in [0.15, 0.2) is 60.0 Å². The highest BCUT2D eigenvalue weighted by Crippen LogP contribution is 2.19. The summed E-state index contributed by atoms with van der Waals surface area (Å²) in [7, 11) is 0. The van der Waals surface area contributed by atoms with Crippen molar-refractivity contribution in [1.29, 1.82) is 0 Å². The highest BCUT2D eigenvalue weighted by molar-refractivity contribution is 7.11. The summed E-state index contributed by atoms with van der Waals surface area (Å²) >= 11 is 1.54. The molecule has 0 saturated carbocycles. The van der Waals surface area contributed by atoms with Crippen molar-refractivity contribution in [1.82, 2.24) is 0 Å². The molecule has 0 atom stereocenters. The summed E-state index contributed by atoms with van der Waals surface area (Å²) in [4.78, 5) is 24.6. The average Bonchev–Trinajstić information content (AvgIpc) is 3.03. The van der Waals surface area contributed by atoms with Gasteiger partial charge in [-0.15, -0.1) is 11.3 Å². The van der Waals surface area contributed by atoms with Crippen molar-refractivity contribution in [3.8, 4) is 0 Å². The minimum atomic E-state index is -0.540. The Morgan fingerprint density at radius 1 is 1.12 bits per heavy atom. The van der Waals surface area contributed by atoms with E-state index in [1.54, 1.807) is 17.4 Å². The van der Waals surface area contributed by atoms with Gasteiger partial charge >= 0.3 is 5.97 Å². The van der Waals surface area contributed by atoms with Gasteiger partial charge in [-0.3, -0.25) is 4.79 Å². The topological polar surface area (TPSA) is 55.4 Å². The molecule has 2 aromatic carbocycles. The van der Waals surface area contributed by atoms with Crippen molar-refractivity contribution in [2.24, 2.45) is 0 Å². The van der Waals surface area contributed by atoms with Gasteiger partial charge in [0.2, 0.25) is 0 Å². The SMILES string of the molecule is Cc1ccsc1/C=C/C(=O)OCC(=O)Nc1ccc2ccccc2c1. The first-order chi connectivity index (χ1) is 12.1. The molecule has 0 saturated heterocycles. The highest BCUT2D eigenvalue weighted by atomic mass is 32.1. The lowest BCUT2D eigenvalue weighted by Gasteiger charge is -2.06. The van der Waals surface area contributed by atoms with Gasteiger partial charge in [0.05, 0.1) is 0 Å². The Hall–Kier alpha value is -2.92. The van der Waals surface area contributed by atoms with Crippen molar-refractivity contribution in [3.63, 3.8) is 0 Å². The van der Waals surface area contributed by atoms with Crippen LogP contribution in [-0.4, -0.2) is 18.5 Å². The van der Waals surface area contributed by atoms with E-state index in [1.807, 2.05) is 60.8 Å². The van der Waals surface area contributed by atoms with Crippen LogP contribution in [0, 0.1) is 6.92 Å². The van der Waals surface area contributed by atoms with Gasteiger partial charge in [-0.2, -0.15) is 0 Å². The maximum Gasteiger partial charge on any atom is 0.331 e. The molecule has 4 nitrogen and oxygen atoms in total. The Balaban J connectivity index is 1.52. The van der Waals surface area contributed by atoms with Gasteiger partial charge in [0, 0.05) is 16.6 Å². The van der Waals surface area contributed by atoms with Crippen LogP contribution < -0.4 is 5.32 Å². The minimum Gasteiger partial charge on any atom is -0.452 e. The Morgan fingerprint density at radius 3 is 2.68 bits per heavy atom. The van der Waals surface area contributed by atoms with Crippen LogP contribution >= 0.6 is 11.3 Å². The molecule has 3 rings (SSSR count). The molecule has 126 valence electrons. The number of anilines is 1. The van der Waals surface area contributed by atoms with Crippen LogP contribution in [0.25, 0.3) is 16.8 Å². The summed E-state index contributed by atoms with van der Waals surface area (Å²) in [5.41, 5.74) is 1.77. The molecule has 25 heavy (non-hydrogen) atoms. The number of carbonyl (C=O) groups is 2. The molecule has 0 aliphatic heterocycles. The lowest BCUT2D eigenvalue weighted by molar-refractivity contribution is -0.142. The van der Waals surface area contributed by atoms with Crippen molar-refractivity contribution in [2.45, 2.75) is 6.92 Å². The van der Waals surface area contributed by atoms with E-state index in [0.717, 1.165) is 21.2 Å². The number of carbonyl (C=O) groups excluding carboxylic acids is 2. The first-order valence-corrected chi connectivity index (χ1v) is 8.67. The van der Waals surface area contributed by atoms with Gasteiger partial charge in [-0.05, 0) is 52.9 Å². The van der Waals surface area contributed by atoms with Crippen LogP contribution in [0.4, 0.5) is 5.69 Å². The third-order valence-corrected chi connectivity index (χ3v) is 4.64. The van der Waals surface area contributed by atoms with Crippen molar-refractivity contribution >= 4 is 45.7 Å². The van der Waals surface area contributed by atoms with E-state index in [4.69, 9.17) is 4.74 Å². The van der Waals surface area contributed by atoms with Gasteiger partial charge in [-0.1, -0.05) is 30.3 Å². The van der Waals surface area contributed by atoms with Crippen LogP contribution in [0.2, 0.25) is 0 Å². The standard InChI is InChI=1S/C20H17NO3S/c1-14-10-11-25-18(14)8-9-20(23)24-13-19(22)21-17-7-6-15-4-2-3-5-16(15)12-17/h2-12H,13H2,1H3,(H,21,22)/b9-8+. The molecule has 5 heteroatoms. The predicted octanol–water partition coefficient (Wildman–Crippen LogP) is 4.40. The van der Waals surface area contributed by atoms with Crippen molar-refractivity contribution in [2.75, 3.05) is 11.9 Å². The second-order valence-electron chi connectivity index (χ2n) is 5.52. The van der Waals surface area contributed by atoms with E-state index in [-0.39, 0.29) is 12.5 Å². The van der Waals surface area contributed by atoms with Crippen LogP contribution in [0.1, 0.15) is 10.4 Å². The molecule has 1 aromatic heterocycles. The Bertz CT molecular complexity index is 943. The normalized spacial score (nSPS) is 10.9. The minimum absolute atomic E-state index is 0.320. The van der Waals surface area contributed by atoms with E-state index in [9.17, 15) is 9.59 Å². The molecule has 3 aromatic rings. The van der Waals surface area contributed by atoms with E-state index in [1.165, 1.54) is 6.08 Å². The Morgan fingerprint density at radius 2 is 1.92 bits per heavy atom. The molecule has 0 aliphatic carbocycles. The van der Waals surface area contributed by atoms with Crippen molar-refractivity contribution < 1.29 is 14.3 Å². The molecule has 0 unspecified atom stereocenters. The number of thiophene rings is 1. The molecule has 0 aliphatic rings. The number of hydrogen-bond donors (Lipinski definition) is 1. The fraction of sp³-hybridized carbons (Fsp3) is 0.100. The van der Waals surface area contributed by atoms with E-state index in [0.29, 0.717) is 5.69 Å². The maximum absolute atomic E-state index is 11.9. The lowest BCUT2D eigenvalue weighted by atomic mass is 10.1. The Labute approximate surface area is 149 Å². The summed E-state index contributed by atoms with van der Waals surface area (Å²) in [6.45, 7) is 1.65. The summed E-state index contributed by atoms with van der Waals surface area (Å²) < 4.78 is 4.97. The molecule has 1 amide bonds. The smallest absolute Gasteiger partial charge is 0.331 e. The number of ether oxygens (including phenoxy) is 1. The third-order valence-electron chi connectivity index (χ3n) is 3.65. The monoisotopic (exact) mass is 351 g/mol. The predicted molar refractivity (Wildman–Crippen MR) is 102 cm³/mol. The molecule has 1 N–H and O–H groups in total. The number of amides is 1. The largest absolute Gasteiger partial charge is 0.452 e. The first-order valence-electron chi connectivity index (χ1n) is 7.79. The molecule has 0 radical (unpaired) electrons. The van der Waals surface area contributed by atoms with Gasteiger partial charge in [-0.25, -0.2) is 4.79 Å². The van der Waals surface area contributed by atoms with Gasteiger partial charge < -0.3 is 10.1 Å². The first kappa shape index (κ1) is 16.9. The van der Waals surface area contributed by atoms with E-state index in [2.05, 4.69) is 5.32 Å². The average molecular weight is 351 g/mol. The van der Waals surface area contributed by atoms with Crippen molar-refractivity contribution in [3.05, 3.63) is 70.4 Å². The van der Waals surface area contributed by atoms with Gasteiger partial charge in [0.25, 0.3) is 5.91 Å². The molecule has 0 fully saturated rings. The Kier molecular flexibility index (Phi) is 5.26. The number of hydrogen-bond acceptors (Lipinski definition) is 4. The fourth-order valence-corrected chi connectivity index (χ4v) is 3.17. The number of rotatable bonds is 5. The number of nitrogens with one attached hydrogen (secondary N) is 1. The van der Waals surface area contributed by atoms with Gasteiger partial charge in [0.1, 0.15) is 0 Å². The number of benzene rings is 2. The zero-order chi connectivity index (χ0) is 17.6. The molecular weight excluding hydrogens is 334 g/mol. The number of aryl methyl sites for hydroxylation is 1. The van der Waals surface area contributed by atoms with Gasteiger partial charge in [0.15, 0.2) is 6.61 Å². The zero-order valence-electron chi connectivity index (χ0n) is 13.7. The molecule has 0 bridgehead atoms. The number of esters is 1.